The molecular formula is C15H24ClNO. The summed E-state index contributed by atoms with van der Waals surface area (Å²) in [6.45, 7) is 6.09. The number of likely N-dealkylation sites (N-methyl/N-ethyl adjacent to an activating group) is 1. The van der Waals surface area contributed by atoms with Crippen LogP contribution >= 0.6 is 11.6 Å². The molecular weight excluding hydrogens is 246 g/mol. The lowest BCUT2D eigenvalue weighted by Crippen LogP contribution is -2.20. The molecule has 0 radical (unpaired) electrons. The van der Waals surface area contributed by atoms with E-state index in [2.05, 4.69) is 25.2 Å². The average Bonchev–Trinajstić information content (AvgIpc) is 2.33. The minimum absolute atomic E-state index is 0.0841. The van der Waals surface area contributed by atoms with Gasteiger partial charge in [0, 0.05) is 18.2 Å². The Morgan fingerprint density at radius 2 is 2.11 bits per heavy atom. The Hall–Kier alpha value is -0.570. The molecule has 0 aromatic heterocycles. The van der Waals surface area contributed by atoms with Gasteiger partial charge in [0.05, 0.1) is 6.10 Å². The molecule has 1 N–H and O–H groups in total. The second-order valence-electron chi connectivity index (χ2n) is 5.01. The highest BCUT2D eigenvalue weighted by Gasteiger charge is 2.11. The lowest BCUT2D eigenvalue weighted by atomic mass is 10.1. The third-order valence-electron chi connectivity index (χ3n) is 2.85. The predicted molar refractivity (Wildman–Crippen MR) is 78.1 cm³/mol. The zero-order chi connectivity index (χ0) is 13.4. The van der Waals surface area contributed by atoms with Crippen LogP contribution in [-0.2, 0) is 4.74 Å². The number of benzene rings is 1. The van der Waals surface area contributed by atoms with Gasteiger partial charge in [-0.2, -0.15) is 0 Å². The van der Waals surface area contributed by atoms with Gasteiger partial charge >= 0.3 is 0 Å². The normalized spacial score (nSPS) is 12.9. The van der Waals surface area contributed by atoms with Gasteiger partial charge in [0.25, 0.3) is 0 Å². The molecule has 18 heavy (non-hydrogen) atoms. The fraction of sp³-hybridized carbons (Fsp3) is 0.600. The van der Waals surface area contributed by atoms with E-state index in [9.17, 15) is 0 Å². The lowest BCUT2D eigenvalue weighted by Gasteiger charge is -2.18. The molecule has 0 spiro atoms. The maximum atomic E-state index is 6.02. The van der Waals surface area contributed by atoms with Crippen molar-refractivity contribution < 1.29 is 4.74 Å². The summed E-state index contributed by atoms with van der Waals surface area (Å²) >= 11 is 6.02. The SMILES string of the molecule is CNCC(OCCCC(C)C)c1cccc(Cl)c1. The van der Waals surface area contributed by atoms with Gasteiger partial charge in [-0.05, 0) is 43.5 Å². The monoisotopic (exact) mass is 269 g/mol. The van der Waals surface area contributed by atoms with Gasteiger partial charge in [-0.1, -0.05) is 37.6 Å². The van der Waals surface area contributed by atoms with Gasteiger partial charge in [-0.15, -0.1) is 0 Å². The molecule has 1 aromatic carbocycles. The van der Waals surface area contributed by atoms with Gasteiger partial charge in [0.2, 0.25) is 0 Å². The summed E-state index contributed by atoms with van der Waals surface area (Å²) in [5.74, 6) is 0.738. The first-order valence-electron chi connectivity index (χ1n) is 6.65. The Kier molecular flexibility index (Phi) is 7.33. The van der Waals surface area contributed by atoms with E-state index in [-0.39, 0.29) is 6.10 Å². The summed E-state index contributed by atoms with van der Waals surface area (Å²) < 4.78 is 5.95. The number of hydrogen-bond donors (Lipinski definition) is 1. The quantitative estimate of drug-likeness (QED) is 0.719. The molecule has 0 saturated carbocycles. The van der Waals surface area contributed by atoms with E-state index in [4.69, 9.17) is 16.3 Å². The van der Waals surface area contributed by atoms with Crippen molar-refractivity contribution >= 4 is 11.6 Å². The maximum Gasteiger partial charge on any atom is 0.0949 e. The first-order chi connectivity index (χ1) is 8.63. The van der Waals surface area contributed by atoms with E-state index < -0.39 is 0 Å². The molecule has 0 bridgehead atoms. The van der Waals surface area contributed by atoms with Crippen LogP contribution in [0.3, 0.4) is 0 Å². The Bertz CT molecular complexity index is 341. The largest absolute Gasteiger partial charge is 0.372 e. The van der Waals surface area contributed by atoms with Crippen molar-refractivity contribution in [3.63, 3.8) is 0 Å². The summed E-state index contributed by atoms with van der Waals surface area (Å²) in [5.41, 5.74) is 1.14. The number of rotatable bonds is 8. The number of halogens is 1. The lowest BCUT2D eigenvalue weighted by molar-refractivity contribution is 0.0500. The highest BCUT2D eigenvalue weighted by molar-refractivity contribution is 6.30. The molecule has 0 amide bonds. The third kappa shape index (κ3) is 5.85. The van der Waals surface area contributed by atoms with Crippen LogP contribution in [-0.4, -0.2) is 20.2 Å². The van der Waals surface area contributed by atoms with Gasteiger partial charge in [0.1, 0.15) is 0 Å². The van der Waals surface area contributed by atoms with Gasteiger partial charge < -0.3 is 10.1 Å². The molecule has 0 fully saturated rings. The standard InChI is InChI=1S/C15H24ClNO/c1-12(2)6-5-9-18-15(11-17-3)13-7-4-8-14(16)10-13/h4,7-8,10,12,15,17H,5-6,9,11H2,1-3H3. The van der Waals surface area contributed by atoms with E-state index in [0.717, 1.165) is 36.1 Å². The summed E-state index contributed by atoms with van der Waals surface area (Å²) in [6.07, 6.45) is 2.40. The van der Waals surface area contributed by atoms with E-state index in [0.29, 0.717) is 0 Å². The molecule has 0 aliphatic carbocycles. The van der Waals surface area contributed by atoms with Crippen molar-refractivity contribution in [2.75, 3.05) is 20.2 Å². The second kappa shape index (κ2) is 8.52. The minimum Gasteiger partial charge on any atom is -0.372 e. The topological polar surface area (TPSA) is 21.3 Å². The van der Waals surface area contributed by atoms with Crippen LogP contribution in [0.4, 0.5) is 0 Å². The highest BCUT2D eigenvalue weighted by atomic mass is 35.5. The van der Waals surface area contributed by atoms with Gasteiger partial charge in [0.15, 0.2) is 0 Å². The van der Waals surface area contributed by atoms with E-state index in [1.165, 1.54) is 6.42 Å². The Morgan fingerprint density at radius 1 is 1.33 bits per heavy atom. The van der Waals surface area contributed by atoms with Crippen LogP contribution in [0.1, 0.15) is 38.4 Å². The smallest absolute Gasteiger partial charge is 0.0949 e. The van der Waals surface area contributed by atoms with Crippen molar-refractivity contribution in [2.24, 2.45) is 5.92 Å². The maximum absolute atomic E-state index is 6.02. The van der Waals surface area contributed by atoms with Crippen LogP contribution in [0.2, 0.25) is 5.02 Å². The van der Waals surface area contributed by atoms with Gasteiger partial charge in [-0.25, -0.2) is 0 Å². The molecule has 0 aliphatic heterocycles. The molecule has 1 rings (SSSR count). The number of nitrogens with one attached hydrogen (secondary N) is 1. The van der Waals surface area contributed by atoms with Gasteiger partial charge in [-0.3, -0.25) is 0 Å². The fourth-order valence-electron chi connectivity index (χ4n) is 1.88. The molecule has 2 nitrogen and oxygen atoms in total. The van der Waals surface area contributed by atoms with E-state index in [1.54, 1.807) is 0 Å². The first kappa shape index (κ1) is 15.5. The summed E-state index contributed by atoms with van der Waals surface area (Å²) in [4.78, 5) is 0. The molecule has 0 aliphatic rings. The van der Waals surface area contributed by atoms with Crippen LogP contribution in [0.15, 0.2) is 24.3 Å². The molecule has 0 saturated heterocycles. The molecule has 1 atom stereocenters. The second-order valence-corrected chi connectivity index (χ2v) is 5.44. The fourth-order valence-corrected chi connectivity index (χ4v) is 2.08. The van der Waals surface area contributed by atoms with Crippen LogP contribution in [0.5, 0.6) is 0 Å². The molecule has 1 unspecified atom stereocenters. The summed E-state index contributed by atoms with van der Waals surface area (Å²) in [6, 6.07) is 7.90. The Morgan fingerprint density at radius 3 is 2.72 bits per heavy atom. The summed E-state index contributed by atoms with van der Waals surface area (Å²) in [5, 5.41) is 3.93. The van der Waals surface area contributed by atoms with E-state index >= 15 is 0 Å². The Labute approximate surface area is 116 Å². The molecule has 1 aromatic rings. The van der Waals surface area contributed by atoms with E-state index in [1.807, 2.05) is 25.2 Å². The molecule has 102 valence electrons. The van der Waals surface area contributed by atoms with Crippen molar-refractivity contribution in [1.29, 1.82) is 0 Å². The zero-order valence-electron chi connectivity index (χ0n) is 11.6. The van der Waals surface area contributed by atoms with Crippen LogP contribution in [0, 0.1) is 5.92 Å². The van der Waals surface area contributed by atoms with Crippen LogP contribution < -0.4 is 5.32 Å². The Balaban J connectivity index is 2.49. The molecule has 3 heteroatoms. The minimum atomic E-state index is 0.0841. The molecule has 0 heterocycles. The third-order valence-corrected chi connectivity index (χ3v) is 3.09. The zero-order valence-corrected chi connectivity index (χ0v) is 12.3. The predicted octanol–water partition coefficient (Wildman–Crippen LogP) is 4.05. The highest BCUT2D eigenvalue weighted by Crippen LogP contribution is 2.21. The average molecular weight is 270 g/mol. The first-order valence-corrected chi connectivity index (χ1v) is 7.03. The van der Waals surface area contributed by atoms with Crippen molar-refractivity contribution in [3.8, 4) is 0 Å². The van der Waals surface area contributed by atoms with Crippen LogP contribution in [0.25, 0.3) is 0 Å². The van der Waals surface area contributed by atoms with Crippen molar-refractivity contribution in [1.82, 2.24) is 5.32 Å². The number of hydrogen-bond acceptors (Lipinski definition) is 2. The van der Waals surface area contributed by atoms with Crippen molar-refractivity contribution in [2.45, 2.75) is 32.8 Å². The summed E-state index contributed by atoms with van der Waals surface area (Å²) in [7, 11) is 1.94. The van der Waals surface area contributed by atoms with Crippen molar-refractivity contribution in [3.05, 3.63) is 34.9 Å². The number of ether oxygens (including phenoxy) is 1.